The molecule has 0 radical (unpaired) electrons. The van der Waals surface area contributed by atoms with E-state index >= 15 is 0 Å². The predicted molar refractivity (Wildman–Crippen MR) is 78.6 cm³/mol. The van der Waals surface area contributed by atoms with E-state index in [1.54, 1.807) is 24.3 Å². The fraction of sp³-hybridized carbons (Fsp3) is 0.188. The van der Waals surface area contributed by atoms with Crippen LogP contribution in [0, 0.1) is 17.1 Å². The average molecular weight is 303 g/mol. The maximum Gasteiger partial charge on any atom is 0.161 e. The van der Waals surface area contributed by atoms with Crippen molar-refractivity contribution in [3.8, 4) is 6.07 Å². The summed E-state index contributed by atoms with van der Waals surface area (Å²) in [7, 11) is -3.56. The van der Waals surface area contributed by atoms with Crippen LogP contribution in [0.2, 0.25) is 0 Å². The van der Waals surface area contributed by atoms with E-state index in [4.69, 9.17) is 5.26 Å². The van der Waals surface area contributed by atoms with Crippen molar-refractivity contribution in [1.29, 1.82) is 5.26 Å². The summed E-state index contributed by atoms with van der Waals surface area (Å²) < 4.78 is 38.5. The first kappa shape index (κ1) is 15.2. The van der Waals surface area contributed by atoms with Gasteiger partial charge in [0.2, 0.25) is 0 Å². The van der Waals surface area contributed by atoms with Crippen LogP contribution in [0.5, 0.6) is 0 Å². The summed E-state index contributed by atoms with van der Waals surface area (Å²) in [5.74, 6) is -0.753. The molecule has 3 nitrogen and oxygen atoms in total. The third-order valence-corrected chi connectivity index (χ3v) is 5.37. The molecule has 5 heteroatoms. The van der Waals surface area contributed by atoms with Gasteiger partial charge in [-0.2, -0.15) is 5.26 Å². The van der Waals surface area contributed by atoms with Crippen molar-refractivity contribution < 1.29 is 12.8 Å². The Balaban J connectivity index is 2.30. The highest BCUT2D eigenvalue weighted by Gasteiger charge is 2.25. The van der Waals surface area contributed by atoms with E-state index in [-0.39, 0.29) is 11.3 Å². The second-order valence-electron chi connectivity index (χ2n) is 4.78. The van der Waals surface area contributed by atoms with Crippen LogP contribution in [0.4, 0.5) is 4.39 Å². The summed E-state index contributed by atoms with van der Waals surface area (Å²) in [6.07, 6.45) is 0. The molecule has 0 aliphatic heterocycles. The molecule has 2 aromatic carbocycles. The average Bonchev–Trinajstić information content (AvgIpc) is 2.47. The Morgan fingerprint density at radius 2 is 1.90 bits per heavy atom. The number of rotatable bonds is 4. The normalized spacial score (nSPS) is 12.6. The molecule has 0 aromatic heterocycles. The Hall–Kier alpha value is -2.19. The summed E-state index contributed by atoms with van der Waals surface area (Å²) in [4.78, 5) is 0. The number of hydrogen-bond acceptors (Lipinski definition) is 3. The summed E-state index contributed by atoms with van der Waals surface area (Å²) in [6, 6.07) is 14.2. The second-order valence-corrected chi connectivity index (χ2v) is 7.10. The molecule has 0 fully saturated rings. The van der Waals surface area contributed by atoms with Crippen LogP contribution in [0.3, 0.4) is 0 Å². The zero-order valence-electron chi connectivity index (χ0n) is 11.5. The van der Waals surface area contributed by atoms with Crippen molar-refractivity contribution in [3.63, 3.8) is 0 Å². The molecule has 0 N–H and O–H groups in total. The van der Waals surface area contributed by atoms with Crippen LogP contribution in [-0.4, -0.2) is 8.42 Å². The Bertz CT molecular complexity index is 794. The standard InChI is InChI=1S/C16H14FNO2S/c1-12(15-7-2-3-8-16(15)17)21(19,20)11-14-6-4-5-13(9-14)10-18/h2-9,12H,11H2,1H3/t12-/m1/s1. The van der Waals surface area contributed by atoms with Crippen LogP contribution in [-0.2, 0) is 15.6 Å². The Labute approximate surface area is 123 Å². The van der Waals surface area contributed by atoms with Gasteiger partial charge in [-0.15, -0.1) is 0 Å². The lowest BCUT2D eigenvalue weighted by atomic mass is 10.1. The van der Waals surface area contributed by atoms with Crippen LogP contribution in [0.1, 0.15) is 28.9 Å². The number of nitriles is 1. The number of benzene rings is 2. The first-order valence-corrected chi connectivity index (χ1v) is 8.10. The first-order chi connectivity index (χ1) is 9.94. The van der Waals surface area contributed by atoms with Crippen molar-refractivity contribution >= 4 is 9.84 Å². The molecule has 0 bridgehead atoms. The van der Waals surface area contributed by atoms with Gasteiger partial charge in [0.25, 0.3) is 0 Å². The van der Waals surface area contributed by atoms with Gasteiger partial charge in [0, 0.05) is 5.56 Å². The zero-order chi connectivity index (χ0) is 15.5. The molecule has 1 atom stereocenters. The molecule has 2 rings (SSSR count). The highest BCUT2D eigenvalue weighted by molar-refractivity contribution is 7.90. The van der Waals surface area contributed by atoms with E-state index in [0.29, 0.717) is 11.1 Å². The maximum absolute atomic E-state index is 13.7. The largest absolute Gasteiger partial charge is 0.228 e. The fourth-order valence-corrected chi connectivity index (χ4v) is 3.56. The highest BCUT2D eigenvalue weighted by Crippen LogP contribution is 2.27. The number of hydrogen-bond donors (Lipinski definition) is 0. The lowest BCUT2D eigenvalue weighted by Gasteiger charge is -2.14. The van der Waals surface area contributed by atoms with E-state index in [9.17, 15) is 12.8 Å². The van der Waals surface area contributed by atoms with Gasteiger partial charge in [-0.3, -0.25) is 0 Å². The summed E-state index contributed by atoms with van der Waals surface area (Å²) in [5.41, 5.74) is 1.09. The number of sulfone groups is 1. The van der Waals surface area contributed by atoms with Crippen LogP contribution in [0.25, 0.3) is 0 Å². The lowest BCUT2D eigenvalue weighted by molar-refractivity contribution is 0.573. The molecule has 0 heterocycles. The number of halogens is 1. The minimum atomic E-state index is -3.56. The molecule has 0 spiro atoms. The lowest BCUT2D eigenvalue weighted by Crippen LogP contribution is -2.14. The molecule has 108 valence electrons. The quantitative estimate of drug-likeness (QED) is 0.870. The smallest absolute Gasteiger partial charge is 0.161 e. The summed E-state index contributed by atoms with van der Waals surface area (Å²) in [6.45, 7) is 1.47. The molecule has 0 saturated heterocycles. The van der Waals surface area contributed by atoms with E-state index in [2.05, 4.69) is 0 Å². The van der Waals surface area contributed by atoms with E-state index < -0.39 is 20.9 Å². The van der Waals surface area contributed by atoms with Crippen molar-refractivity contribution in [2.45, 2.75) is 17.9 Å². The van der Waals surface area contributed by atoms with E-state index in [1.165, 1.54) is 31.2 Å². The molecule has 0 saturated carbocycles. The molecular weight excluding hydrogens is 289 g/mol. The van der Waals surface area contributed by atoms with Crippen molar-refractivity contribution in [2.24, 2.45) is 0 Å². The Morgan fingerprint density at radius 3 is 2.57 bits per heavy atom. The third kappa shape index (κ3) is 3.47. The van der Waals surface area contributed by atoms with Gasteiger partial charge in [0.05, 0.1) is 22.6 Å². The first-order valence-electron chi connectivity index (χ1n) is 6.39. The Morgan fingerprint density at radius 1 is 1.19 bits per heavy atom. The topological polar surface area (TPSA) is 57.9 Å². The van der Waals surface area contributed by atoms with Crippen molar-refractivity contribution in [1.82, 2.24) is 0 Å². The van der Waals surface area contributed by atoms with Gasteiger partial charge in [0.1, 0.15) is 5.82 Å². The molecule has 0 amide bonds. The minimum absolute atomic E-state index is 0.161. The van der Waals surface area contributed by atoms with Crippen LogP contribution >= 0.6 is 0 Å². The fourth-order valence-electron chi connectivity index (χ4n) is 2.09. The van der Waals surface area contributed by atoms with Gasteiger partial charge in [-0.25, -0.2) is 12.8 Å². The van der Waals surface area contributed by atoms with Gasteiger partial charge in [-0.05, 0) is 30.7 Å². The monoisotopic (exact) mass is 303 g/mol. The minimum Gasteiger partial charge on any atom is -0.228 e. The number of nitrogens with zero attached hydrogens (tertiary/aromatic N) is 1. The summed E-state index contributed by atoms with van der Waals surface area (Å²) >= 11 is 0. The van der Waals surface area contributed by atoms with Crippen molar-refractivity contribution in [3.05, 3.63) is 71.0 Å². The third-order valence-electron chi connectivity index (χ3n) is 3.31. The predicted octanol–water partition coefficient (Wildman–Crippen LogP) is 3.37. The molecule has 0 aliphatic carbocycles. The SMILES string of the molecule is C[C@H](c1ccccc1F)S(=O)(=O)Cc1cccc(C#N)c1. The molecule has 0 aliphatic rings. The van der Waals surface area contributed by atoms with Gasteiger partial charge in [0.15, 0.2) is 9.84 Å². The Kier molecular flexibility index (Phi) is 4.39. The van der Waals surface area contributed by atoms with Crippen LogP contribution < -0.4 is 0 Å². The van der Waals surface area contributed by atoms with Crippen molar-refractivity contribution in [2.75, 3.05) is 0 Å². The van der Waals surface area contributed by atoms with Crippen LogP contribution in [0.15, 0.2) is 48.5 Å². The molecule has 21 heavy (non-hydrogen) atoms. The molecule has 0 unspecified atom stereocenters. The maximum atomic E-state index is 13.7. The van der Waals surface area contributed by atoms with E-state index in [1.807, 2.05) is 6.07 Å². The molecular formula is C16H14FNO2S. The summed E-state index contributed by atoms with van der Waals surface area (Å²) in [5, 5.41) is 7.89. The highest BCUT2D eigenvalue weighted by atomic mass is 32.2. The van der Waals surface area contributed by atoms with Gasteiger partial charge >= 0.3 is 0 Å². The van der Waals surface area contributed by atoms with Gasteiger partial charge in [-0.1, -0.05) is 30.3 Å². The molecule has 2 aromatic rings. The second kappa shape index (κ2) is 6.06. The van der Waals surface area contributed by atoms with Gasteiger partial charge < -0.3 is 0 Å². The van der Waals surface area contributed by atoms with E-state index in [0.717, 1.165) is 0 Å². The zero-order valence-corrected chi connectivity index (χ0v) is 12.3.